The second-order valence-electron chi connectivity index (χ2n) is 8.53. The van der Waals surface area contributed by atoms with Crippen molar-refractivity contribution in [3.63, 3.8) is 0 Å². The van der Waals surface area contributed by atoms with E-state index < -0.39 is 11.4 Å². The van der Waals surface area contributed by atoms with Gasteiger partial charge in [0.05, 0.1) is 19.0 Å². The number of H-pyrrole nitrogens is 1. The number of aromatic amines is 1. The van der Waals surface area contributed by atoms with E-state index in [1.807, 2.05) is 0 Å². The van der Waals surface area contributed by atoms with Crippen molar-refractivity contribution >= 4 is 11.8 Å². The molecular weight excluding hydrogens is 442 g/mol. The molecule has 1 aliphatic heterocycles. The number of aromatic nitrogens is 2. The predicted octanol–water partition coefficient (Wildman–Crippen LogP) is 3.65. The van der Waals surface area contributed by atoms with Crippen LogP contribution in [-0.2, 0) is 22.6 Å². The molecule has 1 fully saturated rings. The van der Waals surface area contributed by atoms with Crippen LogP contribution in [0.15, 0.2) is 48.7 Å². The molecule has 1 aliphatic rings. The first-order valence-electron chi connectivity index (χ1n) is 11.1. The Bertz CT molecular complexity index is 1180. The van der Waals surface area contributed by atoms with Gasteiger partial charge in [-0.15, -0.1) is 0 Å². The van der Waals surface area contributed by atoms with Crippen molar-refractivity contribution < 1.29 is 23.1 Å². The highest BCUT2D eigenvalue weighted by Crippen LogP contribution is 2.31. The van der Waals surface area contributed by atoms with Crippen LogP contribution in [0.1, 0.15) is 36.8 Å². The van der Waals surface area contributed by atoms with Crippen LogP contribution in [0.5, 0.6) is 5.75 Å². The maximum Gasteiger partial charge on any atom is 0.220 e. The van der Waals surface area contributed by atoms with Crippen LogP contribution in [0.3, 0.4) is 0 Å². The number of nitrogens with one attached hydrogen (secondary N) is 3. The molecule has 34 heavy (non-hydrogen) atoms. The van der Waals surface area contributed by atoms with Crippen molar-refractivity contribution in [3.05, 3.63) is 71.4 Å². The normalized spacial score (nSPS) is 17.4. The Morgan fingerprint density at radius 3 is 2.71 bits per heavy atom. The highest BCUT2D eigenvalue weighted by molar-refractivity contribution is 5.80. The van der Waals surface area contributed by atoms with Gasteiger partial charge in [0.2, 0.25) is 11.8 Å². The average molecular weight is 469 g/mol. The summed E-state index contributed by atoms with van der Waals surface area (Å²) in [5.74, 6) is -0.855. The molecule has 0 unspecified atom stereocenters. The maximum absolute atomic E-state index is 13.8. The number of carbonyl (C=O) groups excluding carboxylic acids is 2. The van der Waals surface area contributed by atoms with E-state index in [0.717, 1.165) is 16.7 Å². The minimum atomic E-state index is -0.577. The van der Waals surface area contributed by atoms with Gasteiger partial charge in [0.1, 0.15) is 5.82 Å². The van der Waals surface area contributed by atoms with Gasteiger partial charge in [-0.05, 0) is 61.2 Å². The Morgan fingerprint density at radius 1 is 1.21 bits per heavy atom. The molecule has 0 saturated carbocycles. The quantitative estimate of drug-likeness (QED) is 0.447. The monoisotopic (exact) mass is 468 g/mol. The van der Waals surface area contributed by atoms with Gasteiger partial charge in [-0.3, -0.25) is 14.7 Å². The largest absolute Gasteiger partial charge is 0.494 e. The van der Waals surface area contributed by atoms with E-state index in [9.17, 15) is 18.4 Å². The van der Waals surface area contributed by atoms with Gasteiger partial charge in [-0.2, -0.15) is 5.10 Å². The van der Waals surface area contributed by atoms with Crippen LogP contribution in [-0.4, -0.2) is 34.7 Å². The van der Waals surface area contributed by atoms with Crippen LogP contribution < -0.4 is 15.4 Å². The highest BCUT2D eigenvalue weighted by Gasteiger charge is 2.38. The molecule has 0 aliphatic carbocycles. The van der Waals surface area contributed by atoms with E-state index in [0.29, 0.717) is 31.4 Å². The lowest BCUT2D eigenvalue weighted by Crippen LogP contribution is -2.44. The summed E-state index contributed by atoms with van der Waals surface area (Å²) >= 11 is 0. The number of benzene rings is 2. The third-order valence-corrected chi connectivity index (χ3v) is 6.15. The van der Waals surface area contributed by atoms with Gasteiger partial charge in [-0.1, -0.05) is 6.07 Å². The third kappa shape index (κ3) is 5.41. The first-order valence-corrected chi connectivity index (χ1v) is 11.1. The van der Waals surface area contributed by atoms with Gasteiger partial charge in [0.15, 0.2) is 11.6 Å². The highest BCUT2D eigenvalue weighted by atomic mass is 19.1. The molecule has 9 heteroatoms. The number of nitrogens with zero attached hydrogens (tertiary/aromatic N) is 1. The zero-order valence-electron chi connectivity index (χ0n) is 18.8. The molecule has 3 N–H and O–H groups in total. The van der Waals surface area contributed by atoms with Crippen molar-refractivity contribution in [2.24, 2.45) is 0 Å². The summed E-state index contributed by atoms with van der Waals surface area (Å²) in [6.45, 7) is 0.260. The minimum Gasteiger partial charge on any atom is -0.494 e. The summed E-state index contributed by atoms with van der Waals surface area (Å²) < 4.78 is 32.1. The molecule has 2 amide bonds. The van der Waals surface area contributed by atoms with Gasteiger partial charge in [0, 0.05) is 36.1 Å². The first kappa shape index (κ1) is 23.4. The first-order chi connectivity index (χ1) is 16.4. The van der Waals surface area contributed by atoms with Crippen LogP contribution >= 0.6 is 0 Å². The number of halogens is 2. The van der Waals surface area contributed by atoms with E-state index in [1.54, 1.807) is 30.5 Å². The number of amides is 2. The fourth-order valence-electron chi connectivity index (χ4n) is 4.33. The molecule has 2 aromatic carbocycles. The topological polar surface area (TPSA) is 96.1 Å². The van der Waals surface area contributed by atoms with Gasteiger partial charge in [0.25, 0.3) is 0 Å². The van der Waals surface area contributed by atoms with Crippen molar-refractivity contribution in [2.45, 2.75) is 44.2 Å². The van der Waals surface area contributed by atoms with E-state index in [1.165, 1.54) is 25.3 Å². The molecule has 1 atom stereocenters. The maximum atomic E-state index is 13.8. The van der Waals surface area contributed by atoms with Crippen molar-refractivity contribution in [1.82, 2.24) is 20.8 Å². The Morgan fingerprint density at radius 2 is 2.00 bits per heavy atom. The summed E-state index contributed by atoms with van der Waals surface area (Å²) in [7, 11) is 1.40. The van der Waals surface area contributed by atoms with Crippen LogP contribution in [0, 0.1) is 11.6 Å². The van der Waals surface area contributed by atoms with E-state index in [4.69, 9.17) is 4.74 Å². The summed E-state index contributed by atoms with van der Waals surface area (Å²) in [5.41, 5.74) is 2.51. The second-order valence-corrected chi connectivity index (χ2v) is 8.53. The van der Waals surface area contributed by atoms with E-state index in [-0.39, 0.29) is 36.3 Å². The summed E-state index contributed by atoms with van der Waals surface area (Å²) in [4.78, 5) is 24.7. The summed E-state index contributed by atoms with van der Waals surface area (Å²) in [5, 5.41) is 12.8. The van der Waals surface area contributed by atoms with Crippen molar-refractivity contribution in [2.75, 3.05) is 7.11 Å². The number of methoxy groups -OCH3 is 1. The molecule has 2 heterocycles. The number of hydrogen-bond acceptors (Lipinski definition) is 4. The Kier molecular flexibility index (Phi) is 6.90. The molecular formula is C25H26F2N4O3. The molecule has 0 bridgehead atoms. The SMILES string of the molecule is COc1cc(C[C@@]2(CCC(=O)NCc3cn[nH]c3-c3ccc(F)cc3)CCC(=O)N2)ccc1F. The van der Waals surface area contributed by atoms with Crippen LogP contribution in [0.25, 0.3) is 11.3 Å². The van der Waals surface area contributed by atoms with Crippen molar-refractivity contribution in [1.29, 1.82) is 0 Å². The molecule has 3 aromatic rings. The van der Waals surface area contributed by atoms with E-state index >= 15 is 0 Å². The Labute approximate surface area is 195 Å². The fraction of sp³-hybridized carbons (Fsp3) is 0.320. The smallest absolute Gasteiger partial charge is 0.220 e. The summed E-state index contributed by atoms with van der Waals surface area (Å²) in [6, 6.07) is 10.7. The average Bonchev–Trinajstić information content (AvgIpc) is 3.45. The van der Waals surface area contributed by atoms with Crippen LogP contribution in [0.4, 0.5) is 8.78 Å². The molecule has 0 spiro atoms. The lowest BCUT2D eigenvalue weighted by atomic mass is 9.85. The minimum absolute atomic E-state index is 0.0585. The van der Waals surface area contributed by atoms with Gasteiger partial charge < -0.3 is 15.4 Å². The molecule has 0 radical (unpaired) electrons. The zero-order chi connectivity index (χ0) is 24.1. The van der Waals surface area contributed by atoms with Gasteiger partial charge >= 0.3 is 0 Å². The summed E-state index contributed by atoms with van der Waals surface area (Å²) in [6.07, 6.45) is 3.73. The molecule has 4 rings (SSSR count). The van der Waals surface area contributed by atoms with Crippen LogP contribution in [0.2, 0.25) is 0 Å². The number of carbonyl (C=O) groups is 2. The standard InChI is InChI=1S/C25H26F2N4O3/c1-34-21-12-16(2-7-20(21)27)13-25(11-9-23(33)30-25)10-8-22(32)28-14-18-15-29-31-24(18)17-3-5-19(26)6-4-17/h2-7,12,15H,8-11,13-14H2,1H3,(H,28,32)(H,29,31)(H,30,33)/t25-/m1/s1. The lowest BCUT2D eigenvalue weighted by Gasteiger charge is -2.29. The van der Waals surface area contributed by atoms with Gasteiger partial charge in [-0.25, -0.2) is 8.78 Å². The molecule has 178 valence electrons. The molecule has 7 nitrogen and oxygen atoms in total. The molecule has 1 saturated heterocycles. The number of ether oxygens (including phenoxy) is 1. The Hall–Kier alpha value is -3.75. The van der Waals surface area contributed by atoms with E-state index in [2.05, 4.69) is 20.8 Å². The Balaban J connectivity index is 1.37. The number of hydrogen-bond donors (Lipinski definition) is 3. The fourth-order valence-corrected chi connectivity index (χ4v) is 4.33. The molecule has 1 aromatic heterocycles. The lowest BCUT2D eigenvalue weighted by molar-refractivity contribution is -0.122. The van der Waals surface area contributed by atoms with Crippen molar-refractivity contribution in [3.8, 4) is 17.0 Å². The second kappa shape index (κ2) is 10.0. The zero-order valence-corrected chi connectivity index (χ0v) is 18.8. The predicted molar refractivity (Wildman–Crippen MR) is 122 cm³/mol. The number of rotatable bonds is 9. The third-order valence-electron chi connectivity index (χ3n) is 6.15.